The molecule has 5 heteroatoms. The maximum atomic E-state index is 13.9. The van der Waals surface area contributed by atoms with Crippen LogP contribution < -0.4 is 10.1 Å². The molecule has 2 aromatic carbocycles. The van der Waals surface area contributed by atoms with E-state index >= 15 is 0 Å². The second kappa shape index (κ2) is 8.21. The lowest BCUT2D eigenvalue weighted by molar-refractivity contribution is -0.122. The van der Waals surface area contributed by atoms with E-state index < -0.39 is 0 Å². The molecule has 1 aromatic heterocycles. The summed E-state index contributed by atoms with van der Waals surface area (Å²) in [7, 11) is 0. The van der Waals surface area contributed by atoms with E-state index in [1.807, 2.05) is 48.5 Å². The van der Waals surface area contributed by atoms with Crippen LogP contribution in [0.25, 0.3) is 0 Å². The number of pyridine rings is 1. The highest BCUT2D eigenvalue weighted by Crippen LogP contribution is 2.48. The minimum Gasteiger partial charge on any atom is -0.487 e. The molecule has 0 saturated heterocycles. The van der Waals surface area contributed by atoms with Crippen molar-refractivity contribution < 1.29 is 13.9 Å². The molecule has 0 bridgehead atoms. The molecule has 28 heavy (non-hydrogen) atoms. The summed E-state index contributed by atoms with van der Waals surface area (Å²) in [5.41, 5.74) is 2.44. The Hall–Kier alpha value is -3.21. The SMILES string of the molecule is O=C(NCc1cccc(OCc2ccccn2)c1)C1CC1c1ccccc1F. The minimum atomic E-state index is -0.236. The Labute approximate surface area is 163 Å². The molecule has 1 N–H and O–H groups in total. The van der Waals surface area contributed by atoms with E-state index in [2.05, 4.69) is 10.3 Å². The average Bonchev–Trinajstić information content (AvgIpc) is 3.53. The van der Waals surface area contributed by atoms with Gasteiger partial charge in [0, 0.05) is 18.7 Å². The zero-order valence-corrected chi connectivity index (χ0v) is 15.3. The number of nitrogens with one attached hydrogen (secondary N) is 1. The summed E-state index contributed by atoms with van der Waals surface area (Å²) in [5, 5.41) is 2.95. The molecule has 0 spiro atoms. The molecule has 1 aliphatic carbocycles. The van der Waals surface area contributed by atoms with Crippen LogP contribution in [0, 0.1) is 11.7 Å². The maximum Gasteiger partial charge on any atom is 0.224 e. The van der Waals surface area contributed by atoms with Crippen LogP contribution in [0.5, 0.6) is 5.75 Å². The van der Waals surface area contributed by atoms with E-state index in [9.17, 15) is 9.18 Å². The second-order valence-corrected chi connectivity index (χ2v) is 6.95. The summed E-state index contributed by atoms with van der Waals surface area (Å²) in [6, 6.07) is 20.0. The number of nitrogens with zero attached hydrogens (tertiary/aromatic N) is 1. The third kappa shape index (κ3) is 4.36. The lowest BCUT2D eigenvalue weighted by Gasteiger charge is -2.09. The van der Waals surface area contributed by atoms with Crippen molar-refractivity contribution in [3.8, 4) is 5.75 Å². The minimum absolute atomic E-state index is 0.0192. The Kier molecular flexibility index (Phi) is 5.33. The number of hydrogen-bond acceptors (Lipinski definition) is 3. The molecular weight excluding hydrogens is 355 g/mol. The normalized spacial score (nSPS) is 17.8. The Morgan fingerprint density at radius 2 is 1.96 bits per heavy atom. The fraction of sp³-hybridized carbons (Fsp3) is 0.217. The number of aromatic nitrogens is 1. The van der Waals surface area contributed by atoms with Gasteiger partial charge >= 0.3 is 0 Å². The van der Waals surface area contributed by atoms with Gasteiger partial charge in [0.2, 0.25) is 5.91 Å². The summed E-state index contributed by atoms with van der Waals surface area (Å²) in [6.07, 6.45) is 2.43. The summed E-state index contributed by atoms with van der Waals surface area (Å²) in [4.78, 5) is 16.6. The Morgan fingerprint density at radius 3 is 2.79 bits per heavy atom. The number of rotatable bonds is 7. The molecule has 0 aliphatic heterocycles. The lowest BCUT2D eigenvalue weighted by Crippen LogP contribution is -2.24. The second-order valence-electron chi connectivity index (χ2n) is 6.95. The van der Waals surface area contributed by atoms with Crippen LogP contribution in [0.1, 0.15) is 29.2 Å². The van der Waals surface area contributed by atoms with E-state index in [1.165, 1.54) is 6.07 Å². The van der Waals surface area contributed by atoms with Gasteiger partial charge in [-0.3, -0.25) is 9.78 Å². The highest BCUT2D eigenvalue weighted by atomic mass is 19.1. The zero-order valence-electron chi connectivity index (χ0n) is 15.3. The molecule has 0 radical (unpaired) electrons. The predicted octanol–water partition coefficient (Wildman–Crippen LogP) is 4.22. The first-order valence-electron chi connectivity index (χ1n) is 9.34. The Morgan fingerprint density at radius 1 is 1.11 bits per heavy atom. The van der Waals surface area contributed by atoms with Crippen molar-refractivity contribution >= 4 is 5.91 Å². The lowest BCUT2D eigenvalue weighted by atomic mass is 10.1. The van der Waals surface area contributed by atoms with Crippen molar-refractivity contribution in [1.82, 2.24) is 10.3 Å². The van der Waals surface area contributed by atoms with E-state index in [0.29, 0.717) is 25.1 Å². The number of carbonyl (C=O) groups is 1. The quantitative estimate of drug-likeness (QED) is 0.672. The standard InChI is InChI=1S/C23H21FN2O2/c24-22-10-2-1-9-19(22)20-13-21(20)23(27)26-14-16-6-5-8-18(12-16)28-15-17-7-3-4-11-25-17/h1-12,20-21H,13-15H2,(H,26,27). The average molecular weight is 376 g/mol. The van der Waals surface area contributed by atoms with Gasteiger partial charge in [0.05, 0.1) is 5.69 Å². The van der Waals surface area contributed by atoms with Crippen LogP contribution in [-0.4, -0.2) is 10.9 Å². The Balaban J connectivity index is 1.29. The zero-order chi connectivity index (χ0) is 19.3. The molecule has 2 atom stereocenters. The molecule has 2 unspecified atom stereocenters. The van der Waals surface area contributed by atoms with Crippen molar-refractivity contribution in [2.75, 3.05) is 0 Å². The number of amides is 1. The van der Waals surface area contributed by atoms with Gasteiger partial charge in [0.25, 0.3) is 0 Å². The molecular formula is C23H21FN2O2. The first kappa shape index (κ1) is 18.2. The molecule has 1 amide bonds. The Bertz CT molecular complexity index is 962. The molecule has 4 nitrogen and oxygen atoms in total. The monoisotopic (exact) mass is 376 g/mol. The van der Waals surface area contributed by atoms with Crippen LogP contribution >= 0.6 is 0 Å². The van der Waals surface area contributed by atoms with Gasteiger partial charge in [-0.05, 0) is 53.8 Å². The molecule has 1 heterocycles. The summed E-state index contributed by atoms with van der Waals surface area (Å²) in [5.74, 6) is 0.288. The predicted molar refractivity (Wildman–Crippen MR) is 104 cm³/mol. The molecule has 142 valence electrons. The number of halogens is 1. The van der Waals surface area contributed by atoms with Crippen LogP contribution in [0.4, 0.5) is 4.39 Å². The molecule has 1 saturated carbocycles. The van der Waals surface area contributed by atoms with Gasteiger partial charge in [-0.25, -0.2) is 4.39 Å². The number of carbonyl (C=O) groups excluding carboxylic acids is 1. The third-order valence-corrected chi connectivity index (χ3v) is 4.91. The number of ether oxygens (including phenoxy) is 1. The fourth-order valence-electron chi connectivity index (χ4n) is 3.31. The van der Waals surface area contributed by atoms with Gasteiger partial charge in [0.15, 0.2) is 0 Å². The number of benzene rings is 2. The van der Waals surface area contributed by atoms with Crippen molar-refractivity contribution in [3.05, 3.63) is 95.6 Å². The highest BCUT2D eigenvalue weighted by Gasteiger charge is 2.44. The van der Waals surface area contributed by atoms with Gasteiger partial charge < -0.3 is 10.1 Å². The van der Waals surface area contributed by atoms with Crippen molar-refractivity contribution in [3.63, 3.8) is 0 Å². The number of hydrogen-bond donors (Lipinski definition) is 1. The third-order valence-electron chi connectivity index (χ3n) is 4.91. The van der Waals surface area contributed by atoms with Gasteiger partial charge in [-0.15, -0.1) is 0 Å². The fourth-order valence-corrected chi connectivity index (χ4v) is 3.31. The van der Waals surface area contributed by atoms with E-state index in [0.717, 1.165) is 17.0 Å². The maximum absolute atomic E-state index is 13.9. The van der Waals surface area contributed by atoms with Crippen molar-refractivity contribution in [2.45, 2.75) is 25.5 Å². The molecule has 4 rings (SSSR count). The summed E-state index contributed by atoms with van der Waals surface area (Å²) in [6.45, 7) is 0.809. The molecule has 1 fully saturated rings. The van der Waals surface area contributed by atoms with Crippen molar-refractivity contribution in [1.29, 1.82) is 0 Å². The van der Waals surface area contributed by atoms with Crippen LogP contribution in [0.2, 0.25) is 0 Å². The van der Waals surface area contributed by atoms with E-state index in [1.54, 1.807) is 18.3 Å². The van der Waals surface area contributed by atoms with Gasteiger partial charge in [-0.2, -0.15) is 0 Å². The first-order chi connectivity index (χ1) is 13.7. The van der Waals surface area contributed by atoms with Crippen LogP contribution in [-0.2, 0) is 17.9 Å². The van der Waals surface area contributed by atoms with Gasteiger partial charge in [0.1, 0.15) is 18.2 Å². The largest absolute Gasteiger partial charge is 0.487 e. The smallest absolute Gasteiger partial charge is 0.224 e. The highest BCUT2D eigenvalue weighted by molar-refractivity contribution is 5.82. The molecule has 3 aromatic rings. The van der Waals surface area contributed by atoms with Crippen LogP contribution in [0.15, 0.2) is 72.9 Å². The summed E-state index contributed by atoms with van der Waals surface area (Å²) >= 11 is 0. The van der Waals surface area contributed by atoms with E-state index in [4.69, 9.17) is 4.74 Å². The molecule has 1 aliphatic rings. The van der Waals surface area contributed by atoms with Crippen molar-refractivity contribution in [2.24, 2.45) is 5.92 Å². The van der Waals surface area contributed by atoms with Crippen LogP contribution in [0.3, 0.4) is 0 Å². The topological polar surface area (TPSA) is 51.2 Å². The summed E-state index contributed by atoms with van der Waals surface area (Å²) < 4.78 is 19.6. The first-order valence-corrected chi connectivity index (χ1v) is 9.34. The van der Waals surface area contributed by atoms with Gasteiger partial charge in [-0.1, -0.05) is 36.4 Å². The van der Waals surface area contributed by atoms with E-state index in [-0.39, 0.29) is 23.6 Å².